The van der Waals surface area contributed by atoms with E-state index in [1.807, 2.05) is 13.8 Å². The first-order chi connectivity index (χ1) is 15.4. The molecule has 8 nitrogen and oxygen atoms in total. The smallest absolute Gasteiger partial charge is 0.318 e. The van der Waals surface area contributed by atoms with Crippen molar-refractivity contribution in [2.75, 3.05) is 7.11 Å². The third kappa shape index (κ3) is 7.25. The number of allylic oxidation sites excluding steroid dienone is 3. The Morgan fingerprint density at radius 3 is 2.42 bits per heavy atom. The molecule has 4 atom stereocenters. The fourth-order valence-corrected chi connectivity index (χ4v) is 4.25. The third-order valence-electron chi connectivity index (χ3n) is 6.65. The molecule has 0 amide bonds. The highest BCUT2D eigenvalue weighted by molar-refractivity contribution is 6.13. The second-order valence-corrected chi connectivity index (χ2v) is 9.44. The number of ether oxygens (including phenoxy) is 1. The second kappa shape index (κ2) is 12.7. The number of hydrogen-bond donors (Lipinski definition) is 3. The molecule has 8 heteroatoms. The van der Waals surface area contributed by atoms with Gasteiger partial charge in [-0.25, -0.2) is 0 Å². The number of ketones is 1. The Bertz CT molecular complexity index is 766. The van der Waals surface area contributed by atoms with Crippen LogP contribution >= 0.6 is 0 Å². The number of rotatable bonds is 14. The lowest BCUT2D eigenvalue weighted by molar-refractivity contribution is -0.156. The highest BCUT2D eigenvalue weighted by Crippen LogP contribution is 2.48. The van der Waals surface area contributed by atoms with Gasteiger partial charge in [-0.05, 0) is 37.5 Å². The van der Waals surface area contributed by atoms with Gasteiger partial charge in [-0.2, -0.15) is 0 Å². The minimum absolute atomic E-state index is 0.130. The summed E-state index contributed by atoms with van der Waals surface area (Å²) in [5.41, 5.74) is -2.35. The van der Waals surface area contributed by atoms with Crippen molar-refractivity contribution < 1.29 is 39.2 Å². The summed E-state index contributed by atoms with van der Waals surface area (Å²) in [6, 6.07) is 0. The van der Waals surface area contributed by atoms with Gasteiger partial charge in [-0.15, -0.1) is 0 Å². The van der Waals surface area contributed by atoms with Crippen LogP contribution in [0.1, 0.15) is 72.1 Å². The van der Waals surface area contributed by atoms with E-state index >= 15 is 0 Å². The first kappa shape index (κ1) is 28.6. The summed E-state index contributed by atoms with van der Waals surface area (Å²) in [5.74, 6) is -6.15. The molecule has 1 saturated carbocycles. The number of aliphatic carboxylic acids is 2. The SMILES string of the molecule is CCCCC(C)(C)C(O)C=C[C@H]1C[C@H](C(=O)O)C(=O)C1(CC=CCCCC(=O)OC)C(=O)O. The minimum Gasteiger partial charge on any atom is -0.481 e. The Labute approximate surface area is 195 Å². The van der Waals surface area contributed by atoms with Crippen LogP contribution in [-0.4, -0.2) is 52.2 Å². The van der Waals surface area contributed by atoms with Gasteiger partial charge in [0.05, 0.1) is 13.2 Å². The Balaban J connectivity index is 3.11. The maximum atomic E-state index is 13.0. The van der Waals surface area contributed by atoms with Crippen LogP contribution in [0.2, 0.25) is 0 Å². The molecule has 0 radical (unpaired) electrons. The van der Waals surface area contributed by atoms with Crippen molar-refractivity contribution in [1.29, 1.82) is 0 Å². The van der Waals surface area contributed by atoms with Gasteiger partial charge in [0.1, 0.15) is 11.3 Å². The van der Waals surface area contributed by atoms with Gasteiger partial charge in [0.15, 0.2) is 5.78 Å². The quantitative estimate of drug-likeness (QED) is 0.152. The zero-order valence-electron chi connectivity index (χ0n) is 20.1. The van der Waals surface area contributed by atoms with Gasteiger partial charge in [0.2, 0.25) is 0 Å². The molecule has 0 aliphatic heterocycles. The molecule has 0 spiro atoms. The second-order valence-electron chi connectivity index (χ2n) is 9.44. The Morgan fingerprint density at radius 2 is 1.88 bits per heavy atom. The summed E-state index contributed by atoms with van der Waals surface area (Å²) in [5, 5.41) is 30.2. The molecule has 1 aliphatic rings. The molecule has 1 rings (SSSR count). The summed E-state index contributed by atoms with van der Waals surface area (Å²) < 4.78 is 4.57. The van der Waals surface area contributed by atoms with E-state index in [0.717, 1.165) is 19.3 Å². The van der Waals surface area contributed by atoms with Crippen LogP contribution in [0.5, 0.6) is 0 Å². The molecule has 33 heavy (non-hydrogen) atoms. The normalized spacial score (nSPS) is 24.5. The molecule has 1 aliphatic carbocycles. The van der Waals surface area contributed by atoms with Crippen molar-refractivity contribution in [3.63, 3.8) is 0 Å². The number of carboxylic acids is 2. The van der Waals surface area contributed by atoms with Crippen molar-refractivity contribution in [1.82, 2.24) is 0 Å². The van der Waals surface area contributed by atoms with Crippen LogP contribution in [0.25, 0.3) is 0 Å². The standard InChI is InChI=1S/C25H38O8/c1-5-6-14-24(2,3)19(26)13-12-17-16-18(22(29)30)21(28)25(17,23(31)32)15-10-8-7-9-11-20(27)33-4/h8,10,12-13,17-19,26H,5-7,9,11,14-16H2,1-4H3,(H,29,30)(H,31,32)/t17-,18-,19?,25?/m0/s1. The zero-order chi connectivity index (χ0) is 25.2. The molecule has 3 N–H and O–H groups in total. The van der Waals surface area contributed by atoms with E-state index in [1.54, 1.807) is 12.2 Å². The van der Waals surface area contributed by atoms with Crippen molar-refractivity contribution in [2.24, 2.45) is 22.7 Å². The van der Waals surface area contributed by atoms with Crippen molar-refractivity contribution in [2.45, 2.75) is 78.2 Å². The fourth-order valence-electron chi connectivity index (χ4n) is 4.25. The van der Waals surface area contributed by atoms with Crippen LogP contribution in [0.4, 0.5) is 0 Å². The van der Waals surface area contributed by atoms with Crippen LogP contribution in [0.3, 0.4) is 0 Å². The van der Waals surface area contributed by atoms with E-state index in [1.165, 1.54) is 19.3 Å². The van der Waals surface area contributed by atoms with Gasteiger partial charge in [0.25, 0.3) is 0 Å². The molecule has 1 fully saturated rings. The lowest BCUT2D eigenvalue weighted by atomic mass is 9.73. The van der Waals surface area contributed by atoms with E-state index in [4.69, 9.17) is 0 Å². The van der Waals surface area contributed by atoms with Crippen LogP contribution < -0.4 is 0 Å². The highest BCUT2D eigenvalue weighted by atomic mass is 16.5. The van der Waals surface area contributed by atoms with Gasteiger partial charge < -0.3 is 20.1 Å². The van der Waals surface area contributed by atoms with Crippen molar-refractivity contribution in [3.05, 3.63) is 24.3 Å². The number of Topliss-reactive ketones (excluding diaryl/α,β-unsaturated/α-hetero) is 1. The van der Waals surface area contributed by atoms with Gasteiger partial charge in [-0.3, -0.25) is 19.2 Å². The number of carboxylic acid groups (broad SMARTS) is 2. The van der Waals surface area contributed by atoms with Gasteiger partial charge in [0, 0.05) is 12.3 Å². The molecular formula is C25H38O8. The van der Waals surface area contributed by atoms with Crippen LogP contribution in [0.15, 0.2) is 24.3 Å². The molecule has 0 aromatic carbocycles. The topological polar surface area (TPSA) is 138 Å². The maximum absolute atomic E-state index is 13.0. The Hall–Kier alpha value is -2.48. The average Bonchev–Trinajstić information content (AvgIpc) is 3.05. The lowest BCUT2D eigenvalue weighted by Crippen LogP contribution is -2.42. The van der Waals surface area contributed by atoms with E-state index < -0.39 is 46.5 Å². The van der Waals surface area contributed by atoms with Crippen molar-refractivity contribution in [3.8, 4) is 0 Å². The zero-order valence-corrected chi connectivity index (χ0v) is 20.1. The number of aliphatic hydroxyl groups excluding tert-OH is 1. The van der Waals surface area contributed by atoms with E-state index in [2.05, 4.69) is 11.7 Å². The Kier molecular flexibility index (Phi) is 11.0. The molecule has 0 aromatic heterocycles. The van der Waals surface area contributed by atoms with Crippen LogP contribution in [0, 0.1) is 22.7 Å². The number of methoxy groups -OCH3 is 1. The molecule has 0 saturated heterocycles. The first-order valence-corrected chi connectivity index (χ1v) is 11.5. The molecule has 0 aromatic rings. The minimum atomic E-state index is -1.91. The number of unbranched alkanes of at least 4 members (excludes halogenated alkanes) is 2. The first-order valence-electron chi connectivity index (χ1n) is 11.5. The molecule has 0 bridgehead atoms. The fraction of sp³-hybridized carbons (Fsp3) is 0.680. The lowest BCUT2D eigenvalue weighted by Gasteiger charge is -2.30. The van der Waals surface area contributed by atoms with Crippen molar-refractivity contribution >= 4 is 23.7 Å². The Morgan fingerprint density at radius 1 is 1.21 bits per heavy atom. The van der Waals surface area contributed by atoms with E-state index in [-0.39, 0.29) is 25.2 Å². The number of carbonyl (C=O) groups is 4. The molecule has 186 valence electrons. The summed E-state index contributed by atoms with van der Waals surface area (Å²) in [7, 11) is 1.30. The monoisotopic (exact) mass is 466 g/mol. The predicted octanol–water partition coefficient (Wildman–Crippen LogP) is 3.77. The number of esters is 1. The van der Waals surface area contributed by atoms with Gasteiger partial charge in [-0.1, -0.05) is 57.9 Å². The number of hydrogen-bond acceptors (Lipinski definition) is 6. The van der Waals surface area contributed by atoms with Gasteiger partial charge >= 0.3 is 17.9 Å². The largest absolute Gasteiger partial charge is 0.481 e. The molecule has 2 unspecified atom stereocenters. The summed E-state index contributed by atoms with van der Waals surface area (Å²) in [4.78, 5) is 48.2. The molecule has 0 heterocycles. The third-order valence-corrected chi connectivity index (χ3v) is 6.65. The summed E-state index contributed by atoms with van der Waals surface area (Å²) >= 11 is 0. The average molecular weight is 467 g/mol. The van der Waals surface area contributed by atoms with Crippen LogP contribution in [-0.2, 0) is 23.9 Å². The highest BCUT2D eigenvalue weighted by Gasteiger charge is 2.60. The molecular weight excluding hydrogens is 428 g/mol. The van der Waals surface area contributed by atoms with E-state index in [9.17, 15) is 34.5 Å². The number of carbonyl (C=O) groups excluding carboxylic acids is 2. The summed E-state index contributed by atoms with van der Waals surface area (Å²) in [6.45, 7) is 5.89. The number of aliphatic hydroxyl groups is 1. The maximum Gasteiger partial charge on any atom is 0.318 e. The summed E-state index contributed by atoms with van der Waals surface area (Å²) in [6.07, 6.45) is 9.04. The predicted molar refractivity (Wildman–Crippen MR) is 122 cm³/mol. The van der Waals surface area contributed by atoms with E-state index in [0.29, 0.717) is 12.8 Å².